The zero-order chi connectivity index (χ0) is 38.2. The summed E-state index contributed by atoms with van der Waals surface area (Å²) in [5.41, 5.74) is 12.1. The number of anilines is 3. The lowest BCUT2D eigenvalue weighted by Gasteiger charge is -2.27. The maximum atomic E-state index is 6.52. The second-order valence-corrected chi connectivity index (χ2v) is 16.9. The summed E-state index contributed by atoms with van der Waals surface area (Å²) < 4.78 is 11.8. The molecule has 0 aliphatic carbocycles. The van der Waals surface area contributed by atoms with Crippen molar-refractivity contribution in [2.24, 2.45) is 0 Å². The van der Waals surface area contributed by atoms with Crippen LogP contribution in [0.15, 0.2) is 205 Å². The van der Waals surface area contributed by atoms with E-state index in [1.165, 1.54) is 62.6 Å². The van der Waals surface area contributed by atoms with Crippen molar-refractivity contribution in [1.29, 1.82) is 0 Å². The van der Waals surface area contributed by atoms with Gasteiger partial charge in [-0.05, 0) is 82.4 Å². The summed E-state index contributed by atoms with van der Waals surface area (Å²) in [6, 6.07) is 72.6. The topological polar surface area (TPSA) is 16.4 Å². The first-order chi connectivity index (χ1) is 28.7. The van der Waals surface area contributed by atoms with Gasteiger partial charge in [0.15, 0.2) is 0 Å². The molecular weight excluding hydrogens is 743 g/mol. The molecule has 0 atom stereocenters. The third-order valence-electron chi connectivity index (χ3n) is 11.5. The Labute approximate surface area is 343 Å². The van der Waals surface area contributed by atoms with Crippen LogP contribution in [0.5, 0.6) is 0 Å². The molecule has 0 fully saturated rings. The van der Waals surface area contributed by atoms with Crippen LogP contribution in [-0.4, -0.2) is 0 Å². The highest BCUT2D eigenvalue weighted by Gasteiger charge is 2.19. The standard InChI is InChI=1S/C54H33NOS2/c1-4-25-49-43(16-1)46-22-9-19-40(52(46)56-49)35-12-7-14-38(32-35)55(37-30-28-34(29-31-37)41-20-10-23-47-44-17-2-5-26-50(44)57-53(41)47)39-15-8-13-36(33-39)42-21-11-24-48-45-18-3-6-27-51(45)58-54(42)48/h1-33H. The molecule has 2 nitrogen and oxygen atoms in total. The molecule has 0 saturated heterocycles. The number of hydrogen-bond donors (Lipinski definition) is 0. The lowest BCUT2D eigenvalue weighted by Crippen LogP contribution is -2.10. The first kappa shape index (κ1) is 33.2. The van der Waals surface area contributed by atoms with Crippen LogP contribution in [0.4, 0.5) is 17.1 Å². The predicted octanol–water partition coefficient (Wildman–Crippen LogP) is 16.8. The van der Waals surface area contributed by atoms with Gasteiger partial charge in [-0.1, -0.05) is 146 Å². The number of hydrogen-bond acceptors (Lipinski definition) is 4. The summed E-state index contributed by atoms with van der Waals surface area (Å²) in [5, 5.41) is 7.50. The van der Waals surface area contributed by atoms with E-state index in [0.717, 1.165) is 50.1 Å². The molecule has 0 bridgehead atoms. The number of furan rings is 1. The molecule has 9 aromatic carbocycles. The predicted molar refractivity (Wildman–Crippen MR) is 250 cm³/mol. The molecule has 3 heterocycles. The lowest BCUT2D eigenvalue weighted by atomic mass is 9.99. The van der Waals surface area contributed by atoms with Crippen molar-refractivity contribution in [3.8, 4) is 33.4 Å². The molecule has 0 aliphatic heterocycles. The van der Waals surface area contributed by atoms with Crippen LogP contribution in [0.2, 0.25) is 0 Å². The van der Waals surface area contributed by atoms with Crippen molar-refractivity contribution in [1.82, 2.24) is 0 Å². The van der Waals surface area contributed by atoms with E-state index in [9.17, 15) is 0 Å². The number of fused-ring (bicyclic) bond motifs is 9. The summed E-state index contributed by atoms with van der Waals surface area (Å²) in [4.78, 5) is 2.39. The molecule has 0 unspecified atom stereocenters. The third-order valence-corrected chi connectivity index (χ3v) is 13.9. The Morgan fingerprint density at radius 2 is 0.810 bits per heavy atom. The molecule has 272 valence electrons. The Hall–Kier alpha value is -6.98. The molecule has 12 aromatic rings. The van der Waals surface area contributed by atoms with Crippen LogP contribution < -0.4 is 4.90 Å². The number of para-hydroxylation sites is 2. The summed E-state index contributed by atoms with van der Waals surface area (Å²) in [6.45, 7) is 0. The normalized spacial score (nSPS) is 11.8. The first-order valence-corrected chi connectivity index (χ1v) is 21.2. The van der Waals surface area contributed by atoms with Crippen LogP contribution >= 0.6 is 22.7 Å². The van der Waals surface area contributed by atoms with Crippen LogP contribution in [0.25, 0.3) is 95.7 Å². The third kappa shape index (κ3) is 5.30. The van der Waals surface area contributed by atoms with Crippen LogP contribution in [0, 0.1) is 0 Å². The van der Waals surface area contributed by atoms with Crippen molar-refractivity contribution < 1.29 is 4.42 Å². The summed E-state index contributed by atoms with van der Waals surface area (Å²) in [6.07, 6.45) is 0. The fraction of sp³-hybridized carbons (Fsp3) is 0. The Morgan fingerprint density at radius 1 is 0.328 bits per heavy atom. The van der Waals surface area contributed by atoms with E-state index in [1.807, 2.05) is 28.7 Å². The quantitative estimate of drug-likeness (QED) is 0.167. The highest BCUT2D eigenvalue weighted by Crippen LogP contribution is 2.45. The minimum Gasteiger partial charge on any atom is -0.455 e. The van der Waals surface area contributed by atoms with Gasteiger partial charge in [0, 0.05) is 73.7 Å². The zero-order valence-corrected chi connectivity index (χ0v) is 32.9. The van der Waals surface area contributed by atoms with Crippen LogP contribution in [-0.2, 0) is 0 Å². The lowest BCUT2D eigenvalue weighted by molar-refractivity contribution is 0.670. The van der Waals surface area contributed by atoms with Crippen molar-refractivity contribution in [2.45, 2.75) is 0 Å². The highest BCUT2D eigenvalue weighted by molar-refractivity contribution is 7.26. The van der Waals surface area contributed by atoms with Gasteiger partial charge in [-0.3, -0.25) is 0 Å². The van der Waals surface area contributed by atoms with Crippen LogP contribution in [0.3, 0.4) is 0 Å². The minimum absolute atomic E-state index is 0.902. The van der Waals surface area contributed by atoms with Crippen molar-refractivity contribution in [3.05, 3.63) is 200 Å². The van der Waals surface area contributed by atoms with Crippen LogP contribution in [0.1, 0.15) is 0 Å². The molecule has 0 saturated carbocycles. The number of nitrogens with zero attached hydrogens (tertiary/aromatic N) is 1. The van der Waals surface area contributed by atoms with Gasteiger partial charge in [-0.15, -0.1) is 22.7 Å². The largest absolute Gasteiger partial charge is 0.455 e. The Bertz CT molecular complexity index is 3380. The monoisotopic (exact) mass is 775 g/mol. The molecule has 4 heteroatoms. The maximum absolute atomic E-state index is 6.52. The van der Waals surface area contributed by atoms with Gasteiger partial charge in [0.25, 0.3) is 0 Å². The molecule has 58 heavy (non-hydrogen) atoms. The van der Waals surface area contributed by atoms with Gasteiger partial charge in [-0.2, -0.15) is 0 Å². The van der Waals surface area contributed by atoms with Crippen molar-refractivity contribution in [3.63, 3.8) is 0 Å². The first-order valence-electron chi connectivity index (χ1n) is 19.6. The van der Waals surface area contributed by atoms with Gasteiger partial charge < -0.3 is 9.32 Å². The van der Waals surface area contributed by atoms with Crippen molar-refractivity contribution in [2.75, 3.05) is 4.90 Å². The summed E-state index contributed by atoms with van der Waals surface area (Å²) in [7, 11) is 0. The maximum Gasteiger partial charge on any atom is 0.143 e. The average molecular weight is 776 g/mol. The second kappa shape index (κ2) is 13.3. The van der Waals surface area contributed by atoms with E-state index in [1.54, 1.807) is 0 Å². The number of thiophene rings is 2. The average Bonchev–Trinajstić information content (AvgIpc) is 3.99. The van der Waals surface area contributed by atoms with E-state index >= 15 is 0 Å². The molecule has 0 aliphatic rings. The molecule has 0 N–H and O–H groups in total. The molecule has 0 spiro atoms. The van der Waals surface area contributed by atoms with Gasteiger partial charge in [0.05, 0.1) is 0 Å². The van der Waals surface area contributed by atoms with Gasteiger partial charge in [0.1, 0.15) is 11.2 Å². The Morgan fingerprint density at radius 3 is 1.45 bits per heavy atom. The zero-order valence-electron chi connectivity index (χ0n) is 31.2. The second-order valence-electron chi connectivity index (χ2n) is 14.8. The molecular formula is C54H33NOS2. The molecule has 0 radical (unpaired) electrons. The highest BCUT2D eigenvalue weighted by atomic mass is 32.1. The number of rotatable bonds is 6. The van der Waals surface area contributed by atoms with E-state index in [-0.39, 0.29) is 0 Å². The molecule has 3 aromatic heterocycles. The van der Waals surface area contributed by atoms with Crippen molar-refractivity contribution >= 4 is 102 Å². The van der Waals surface area contributed by atoms with E-state index in [2.05, 4.69) is 199 Å². The number of benzene rings is 9. The van der Waals surface area contributed by atoms with Gasteiger partial charge in [0.2, 0.25) is 0 Å². The smallest absolute Gasteiger partial charge is 0.143 e. The Kier molecular flexibility index (Phi) is 7.62. The van der Waals surface area contributed by atoms with E-state index in [0.29, 0.717) is 0 Å². The molecule has 12 rings (SSSR count). The fourth-order valence-electron chi connectivity index (χ4n) is 8.79. The van der Waals surface area contributed by atoms with E-state index < -0.39 is 0 Å². The van der Waals surface area contributed by atoms with E-state index in [4.69, 9.17) is 4.42 Å². The van der Waals surface area contributed by atoms with Gasteiger partial charge >= 0.3 is 0 Å². The summed E-state index contributed by atoms with van der Waals surface area (Å²) >= 11 is 3.74. The Balaban J connectivity index is 1.02. The molecule has 0 amide bonds. The summed E-state index contributed by atoms with van der Waals surface area (Å²) in [5.74, 6) is 0. The fourth-order valence-corrected chi connectivity index (χ4v) is 11.3. The van der Waals surface area contributed by atoms with Gasteiger partial charge in [-0.25, -0.2) is 0 Å². The SMILES string of the molecule is c1cc(-c2cccc3c2oc2ccccc23)cc(N(c2ccc(-c3cccc4c3sc3ccccc34)cc2)c2cccc(-c3cccc4c3sc3ccccc34)c2)c1. The minimum atomic E-state index is 0.902.